The third-order valence-corrected chi connectivity index (χ3v) is 2.65. The fourth-order valence-corrected chi connectivity index (χ4v) is 1.74. The van der Waals surface area contributed by atoms with Crippen molar-refractivity contribution in [2.24, 2.45) is 0 Å². The van der Waals surface area contributed by atoms with E-state index >= 15 is 0 Å². The topological polar surface area (TPSA) is 106 Å². The molecule has 0 saturated carbocycles. The van der Waals surface area contributed by atoms with Crippen LogP contribution in [0.4, 0.5) is 0 Å². The molecule has 0 aliphatic carbocycles. The number of hydrogen-bond donors (Lipinski definition) is 2. The Labute approximate surface area is 108 Å². The molecule has 1 amide bonds. The monoisotopic (exact) mass is 262 g/mol. The summed E-state index contributed by atoms with van der Waals surface area (Å²) in [6.07, 6.45) is 1.35. The highest BCUT2D eigenvalue weighted by Crippen LogP contribution is 2.02. The maximum Gasteiger partial charge on any atom is 0.253 e. The molecular formula is C11H14N6O2. The first-order valence-electron chi connectivity index (χ1n) is 5.73. The average Bonchev–Trinajstić information content (AvgIpc) is 2.80. The van der Waals surface area contributed by atoms with Crippen LogP contribution in [0.15, 0.2) is 17.2 Å². The predicted molar refractivity (Wildman–Crippen MR) is 66.2 cm³/mol. The van der Waals surface area contributed by atoms with Crippen molar-refractivity contribution in [2.75, 3.05) is 0 Å². The number of aromatic nitrogens is 5. The van der Waals surface area contributed by atoms with Crippen molar-refractivity contribution in [1.29, 1.82) is 0 Å². The molecule has 0 bridgehead atoms. The summed E-state index contributed by atoms with van der Waals surface area (Å²) in [5.74, 6) is -0.258. The minimum absolute atomic E-state index is 0.0236. The molecular weight excluding hydrogens is 248 g/mol. The van der Waals surface area contributed by atoms with E-state index in [0.717, 1.165) is 11.3 Å². The van der Waals surface area contributed by atoms with Crippen LogP contribution in [0.1, 0.15) is 16.8 Å². The summed E-state index contributed by atoms with van der Waals surface area (Å²) in [6.45, 7) is 3.86. The fraction of sp³-hybridized carbons (Fsp3) is 0.364. The zero-order valence-corrected chi connectivity index (χ0v) is 10.7. The molecule has 2 aromatic rings. The van der Waals surface area contributed by atoms with Crippen molar-refractivity contribution < 1.29 is 4.79 Å². The summed E-state index contributed by atoms with van der Waals surface area (Å²) in [5, 5.41) is 13.1. The molecule has 2 N–H and O–H groups in total. The standard InChI is InChI=1S/C11H14N6O2/c1-7-3-8(2)14-11(19)9(7)4-12-10(18)5-17-6-13-15-16-17/h3,6H,4-5H2,1-2H3,(H,12,18)(H,14,19). The first-order chi connectivity index (χ1) is 9.06. The maximum absolute atomic E-state index is 11.7. The van der Waals surface area contributed by atoms with Crippen molar-refractivity contribution in [3.05, 3.63) is 39.6 Å². The average molecular weight is 262 g/mol. The Bertz CT molecular complexity index is 631. The minimum atomic E-state index is -0.258. The summed E-state index contributed by atoms with van der Waals surface area (Å²) < 4.78 is 1.31. The number of pyridine rings is 1. The van der Waals surface area contributed by atoms with E-state index in [9.17, 15) is 9.59 Å². The Morgan fingerprint density at radius 1 is 1.47 bits per heavy atom. The molecule has 0 fully saturated rings. The van der Waals surface area contributed by atoms with Gasteiger partial charge in [-0.2, -0.15) is 0 Å². The van der Waals surface area contributed by atoms with E-state index in [1.807, 2.05) is 19.9 Å². The van der Waals surface area contributed by atoms with Gasteiger partial charge in [0, 0.05) is 17.8 Å². The van der Waals surface area contributed by atoms with Crippen molar-refractivity contribution >= 4 is 5.91 Å². The molecule has 19 heavy (non-hydrogen) atoms. The van der Waals surface area contributed by atoms with Gasteiger partial charge in [0.1, 0.15) is 12.9 Å². The number of hydrogen-bond acceptors (Lipinski definition) is 5. The van der Waals surface area contributed by atoms with Crippen LogP contribution < -0.4 is 10.9 Å². The summed E-state index contributed by atoms with van der Waals surface area (Å²) in [4.78, 5) is 26.1. The Kier molecular flexibility index (Phi) is 3.69. The number of H-pyrrole nitrogens is 1. The zero-order chi connectivity index (χ0) is 13.8. The molecule has 2 rings (SSSR count). The zero-order valence-electron chi connectivity index (χ0n) is 10.7. The molecule has 0 aliphatic rings. The second kappa shape index (κ2) is 5.42. The van der Waals surface area contributed by atoms with Crippen LogP contribution in [-0.2, 0) is 17.9 Å². The number of aromatic amines is 1. The highest BCUT2D eigenvalue weighted by Gasteiger charge is 2.08. The first-order valence-corrected chi connectivity index (χ1v) is 5.73. The number of tetrazole rings is 1. The summed E-state index contributed by atoms with van der Waals surface area (Å²) in [6, 6.07) is 1.87. The number of aryl methyl sites for hydroxylation is 2. The predicted octanol–water partition coefficient (Wildman–Crippen LogP) is -0.705. The van der Waals surface area contributed by atoms with E-state index in [1.165, 1.54) is 11.0 Å². The quantitative estimate of drug-likeness (QED) is 0.757. The maximum atomic E-state index is 11.7. The highest BCUT2D eigenvalue weighted by molar-refractivity contribution is 5.75. The molecule has 0 atom stereocenters. The molecule has 0 saturated heterocycles. The van der Waals surface area contributed by atoms with Gasteiger partial charge in [-0.25, -0.2) is 4.68 Å². The van der Waals surface area contributed by atoms with Gasteiger partial charge in [-0.05, 0) is 35.9 Å². The van der Waals surface area contributed by atoms with Gasteiger partial charge in [-0.3, -0.25) is 9.59 Å². The number of nitrogens with zero attached hydrogens (tertiary/aromatic N) is 4. The van der Waals surface area contributed by atoms with Crippen LogP contribution in [0.3, 0.4) is 0 Å². The lowest BCUT2D eigenvalue weighted by Gasteiger charge is -2.07. The normalized spacial score (nSPS) is 10.4. The van der Waals surface area contributed by atoms with Crippen LogP contribution in [-0.4, -0.2) is 31.1 Å². The SMILES string of the molecule is Cc1cc(C)c(CNC(=O)Cn2cnnn2)c(=O)[nH]1. The third kappa shape index (κ3) is 3.24. The second-order valence-electron chi connectivity index (χ2n) is 4.23. The molecule has 2 aromatic heterocycles. The summed E-state index contributed by atoms with van der Waals surface area (Å²) in [5.41, 5.74) is 2.02. The molecule has 0 radical (unpaired) electrons. The number of rotatable bonds is 4. The third-order valence-electron chi connectivity index (χ3n) is 2.65. The molecule has 100 valence electrons. The number of nitrogens with one attached hydrogen (secondary N) is 2. The van der Waals surface area contributed by atoms with Crippen molar-refractivity contribution in [3.8, 4) is 0 Å². The number of carbonyl (C=O) groups excluding carboxylic acids is 1. The van der Waals surface area contributed by atoms with E-state index in [0.29, 0.717) is 5.56 Å². The molecule has 2 heterocycles. The van der Waals surface area contributed by atoms with Crippen LogP contribution >= 0.6 is 0 Å². The lowest BCUT2D eigenvalue weighted by atomic mass is 10.1. The van der Waals surface area contributed by atoms with Gasteiger partial charge < -0.3 is 10.3 Å². The largest absolute Gasteiger partial charge is 0.350 e. The summed E-state index contributed by atoms with van der Waals surface area (Å²) >= 11 is 0. The lowest BCUT2D eigenvalue weighted by molar-refractivity contribution is -0.122. The van der Waals surface area contributed by atoms with Crippen molar-refractivity contribution in [3.63, 3.8) is 0 Å². The molecule has 0 aliphatic heterocycles. The first kappa shape index (κ1) is 12.9. The fourth-order valence-electron chi connectivity index (χ4n) is 1.74. The Morgan fingerprint density at radius 3 is 2.89 bits per heavy atom. The van der Waals surface area contributed by atoms with Crippen LogP contribution in [0.2, 0.25) is 0 Å². The van der Waals surface area contributed by atoms with E-state index in [-0.39, 0.29) is 24.6 Å². The van der Waals surface area contributed by atoms with Gasteiger partial charge in [0.05, 0.1) is 0 Å². The van der Waals surface area contributed by atoms with Gasteiger partial charge in [0.25, 0.3) is 5.56 Å². The van der Waals surface area contributed by atoms with E-state index in [4.69, 9.17) is 0 Å². The van der Waals surface area contributed by atoms with Crippen LogP contribution in [0.5, 0.6) is 0 Å². The van der Waals surface area contributed by atoms with Crippen LogP contribution in [0, 0.1) is 13.8 Å². The molecule has 8 heteroatoms. The minimum Gasteiger partial charge on any atom is -0.350 e. The Morgan fingerprint density at radius 2 is 2.26 bits per heavy atom. The van der Waals surface area contributed by atoms with Crippen molar-refractivity contribution in [2.45, 2.75) is 26.9 Å². The lowest BCUT2D eigenvalue weighted by Crippen LogP contribution is -2.30. The molecule has 0 unspecified atom stereocenters. The molecule has 8 nitrogen and oxygen atoms in total. The Hall–Kier alpha value is -2.51. The molecule has 0 spiro atoms. The van der Waals surface area contributed by atoms with E-state index < -0.39 is 0 Å². The van der Waals surface area contributed by atoms with E-state index in [2.05, 4.69) is 25.8 Å². The molecule has 0 aromatic carbocycles. The highest BCUT2D eigenvalue weighted by atomic mass is 16.2. The van der Waals surface area contributed by atoms with Gasteiger partial charge >= 0.3 is 0 Å². The van der Waals surface area contributed by atoms with Gasteiger partial charge in [0.2, 0.25) is 5.91 Å². The second-order valence-corrected chi connectivity index (χ2v) is 4.23. The van der Waals surface area contributed by atoms with Gasteiger partial charge in [-0.1, -0.05) is 0 Å². The van der Waals surface area contributed by atoms with Crippen LogP contribution in [0.25, 0.3) is 0 Å². The van der Waals surface area contributed by atoms with E-state index in [1.54, 1.807) is 0 Å². The van der Waals surface area contributed by atoms with Gasteiger partial charge in [0.15, 0.2) is 0 Å². The number of amides is 1. The Balaban J connectivity index is 1.99. The van der Waals surface area contributed by atoms with Gasteiger partial charge in [-0.15, -0.1) is 5.10 Å². The smallest absolute Gasteiger partial charge is 0.253 e. The summed E-state index contributed by atoms with van der Waals surface area (Å²) in [7, 11) is 0. The number of carbonyl (C=O) groups is 1. The van der Waals surface area contributed by atoms with Crippen molar-refractivity contribution in [1.82, 2.24) is 30.5 Å².